The molecule has 1 aromatic heterocycles. The molecule has 1 heterocycles. The minimum Gasteiger partial charge on any atom is -0.310 e. The molecule has 8 aromatic carbocycles. The molecule has 2 nitrogen and oxygen atoms in total. The second-order valence-corrected chi connectivity index (χ2v) is 12.5. The van der Waals surface area contributed by atoms with E-state index >= 15 is 0 Å². The number of benzene rings is 8. The molecule has 0 aliphatic carbocycles. The van der Waals surface area contributed by atoms with E-state index in [9.17, 15) is 0 Å². The highest BCUT2D eigenvalue weighted by Crippen LogP contribution is 2.46. The lowest BCUT2D eigenvalue weighted by Gasteiger charge is -2.28. The third kappa shape index (κ3) is 5.15. The Hall–Kier alpha value is -6.64. The molecule has 2 heteroatoms. The number of aromatic nitrogens is 1. The molecule has 0 saturated heterocycles. The lowest BCUT2D eigenvalue weighted by molar-refractivity contribution is 1.18. The van der Waals surface area contributed by atoms with E-state index in [0.717, 1.165) is 22.7 Å². The van der Waals surface area contributed by atoms with Crippen molar-refractivity contribution in [1.82, 2.24) is 4.57 Å². The molecule has 0 atom stereocenters. The van der Waals surface area contributed by atoms with Crippen molar-refractivity contribution in [3.05, 3.63) is 206 Å². The number of rotatable bonds is 7. The molecule has 9 aromatic rings. The summed E-state index contributed by atoms with van der Waals surface area (Å²) in [5.41, 5.74) is 14.1. The van der Waals surface area contributed by atoms with Crippen LogP contribution < -0.4 is 4.90 Å². The summed E-state index contributed by atoms with van der Waals surface area (Å²) in [7, 11) is 0. The van der Waals surface area contributed by atoms with Crippen LogP contribution in [0.1, 0.15) is 0 Å². The summed E-state index contributed by atoms with van der Waals surface area (Å²) in [6.45, 7) is 0. The first-order valence-electron chi connectivity index (χ1n) is 17.1. The monoisotopic (exact) mass is 638 g/mol. The zero-order chi connectivity index (χ0) is 33.3. The molecule has 0 amide bonds. The van der Waals surface area contributed by atoms with Crippen molar-refractivity contribution in [2.24, 2.45) is 0 Å². The summed E-state index contributed by atoms with van der Waals surface area (Å²) in [5, 5.41) is 2.45. The molecule has 9 rings (SSSR count). The van der Waals surface area contributed by atoms with Gasteiger partial charge < -0.3 is 9.47 Å². The van der Waals surface area contributed by atoms with Crippen LogP contribution in [0, 0.1) is 0 Å². The third-order valence-electron chi connectivity index (χ3n) is 9.61. The predicted molar refractivity (Wildman–Crippen MR) is 212 cm³/mol. The summed E-state index contributed by atoms with van der Waals surface area (Å²) >= 11 is 0. The molecule has 0 saturated carbocycles. The SMILES string of the molecule is c1ccc(-c2ccccc2-c2ccccc2-c2ccccc2N(c2ccccc2)c2ccc3c(c2)c2ccccc2n3-c2ccccc2)cc1. The van der Waals surface area contributed by atoms with Gasteiger partial charge in [-0.2, -0.15) is 0 Å². The Morgan fingerprint density at radius 2 is 0.820 bits per heavy atom. The van der Waals surface area contributed by atoms with Gasteiger partial charge in [0.05, 0.1) is 16.7 Å². The first-order valence-corrected chi connectivity index (χ1v) is 17.1. The van der Waals surface area contributed by atoms with Crippen molar-refractivity contribution >= 4 is 38.9 Å². The Kier molecular flexibility index (Phi) is 7.53. The highest BCUT2D eigenvalue weighted by atomic mass is 15.1. The summed E-state index contributed by atoms with van der Waals surface area (Å²) in [4.78, 5) is 2.41. The van der Waals surface area contributed by atoms with Crippen LogP contribution in [0.5, 0.6) is 0 Å². The third-order valence-corrected chi connectivity index (χ3v) is 9.61. The van der Waals surface area contributed by atoms with Gasteiger partial charge in [-0.05, 0) is 82.4 Å². The van der Waals surface area contributed by atoms with Gasteiger partial charge in [-0.1, -0.05) is 152 Å². The van der Waals surface area contributed by atoms with Crippen molar-refractivity contribution in [2.45, 2.75) is 0 Å². The fourth-order valence-electron chi connectivity index (χ4n) is 7.40. The van der Waals surface area contributed by atoms with Crippen LogP contribution in [0.4, 0.5) is 17.1 Å². The summed E-state index contributed by atoms with van der Waals surface area (Å²) in [5.74, 6) is 0. The van der Waals surface area contributed by atoms with Gasteiger partial charge in [0.25, 0.3) is 0 Å². The molecule has 50 heavy (non-hydrogen) atoms. The summed E-state index contributed by atoms with van der Waals surface area (Å²) < 4.78 is 2.37. The second kappa shape index (κ2) is 12.8. The van der Waals surface area contributed by atoms with Crippen molar-refractivity contribution in [3.8, 4) is 39.1 Å². The first-order chi connectivity index (χ1) is 24.8. The van der Waals surface area contributed by atoms with Gasteiger partial charge >= 0.3 is 0 Å². The fraction of sp³-hybridized carbons (Fsp3) is 0. The lowest BCUT2D eigenvalue weighted by atomic mass is 9.88. The molecule has 0 radical (unpaired) electrons. The minimum absolute atomic E-state index is 1.10. The van der Waals surface area contributed by atoms with E-state index in [-0.39, 0.29) is 0 Å². The lowest BCUT2D eigenvalue weighted by Crippen LogP contribution is -2.11. The van der Waals surface area contributed by atoms with E-state index in [2.05, 4.69) is 216 Å². The Bertz CT molecular complexity index is 2580. The standard InChI is InChI=1S/C48H34N2/c1-4-18-35(19-5-1)39-24-10-11-25-40(39)41-26-12-13-27-42(41)43-28-14-16-30-46(43)49(36-20-6-2-7-21-36)38-32-33-48-45(34-38)44-29-15-17-31-47(44)50(48)37-22-8-3-9-23-37/h1-34H. The largest absolute Gasteiger partial charge is 0.310 e. The number of nitrogens with zero attached hydrogens (tertiary/aromatic N) is 2. The van der Waals surface area contributed by atoms with E-state index in [1.807, 2.05) is 0 Å². The van der Waals surface area contributed by atoms with Gasteiger partial charge in [-0.25, -0.2) is 0 Å². The summed E-state index contributed by atoms with van der Waals surface area (Å²) in [6, 6.07) is 74.0. The van der Waals surface area contributed by atoms with Gasteiger partial charge in [0, 0.05) is 33.4 Å². The topological polar surface area (TPSA) is 8.17 Å². The minimum atomic E-state index is 1.10. The predicted octanol–water partition coefficient (Wildman–Crippen LogP) is 13.3. The molecule has 0 unspecified atom stereocenters. The maximum absolute atomic E-state index is 2.41. The Balaban J connectivity index is 1.26. The highest BCUT2D eigenvalue weighted by Gasteiger charge is 2.21. The highest BCUT2D eigenvalue weighted by molar-refractivity contribution is 6.11. The molecule has 0 spiro atoms. The maximum Gasteiger partial charge on any atom is 0.0542 e. The number of fused-ring (bicyclic) bond motifs is 3. The van der Waals surface area contributed by atoms with Gasteiger partial charge in [0.2, 0.25) is 0 Å². The Labute approximate surface area is 292 Å². The molecule has 0 fully saturated rings. The number of hydrogen-bond donors (Lipinski definition) is 0. The van der Waals surface area contributed by atoms with Crippen LogP contribution in [-0.2, 0) is 0 Å². The van der Waals surface area contributed by atoms with Gasteiger partial charge in [0.1, 0.15) is 0 Å². The van der Waals surface area contributed by atoms with E-state index in [4.69, 9.17) is 0 Å². The average Bonchev–Trinajstić information content (AvgIpc) is 3.53. The first kappa shape index (κ1) is 29.5. The molecule has 0 aliphatic rings. The summed E-state index contributed by atoms with van der Waals surface area (Å²) in [6.07, 6.45) is 0. The molecule has 0 N–H and O–H groups in total. The Morgan fingerprint density at radius 1 is 0.320 bits per heavy atom. The molecular formula is C48H34N2. The van der Waals surface area contributed by atoms with Crippen LogP contribution in [0.3, 0.4) is 0 Å². The van der Waals surface area contributed by atoms with Gasteiger partial charge in [-0.15, -0.1) is 0 Å². The maximum atomic E-state index is 2.41. The fourth-order valence-corrected chi connectivity index (χ4v) is 7.40. The van der Waals surface area contributed by atoms with Gasteiger partial charge in [0.15, 0.2) is 0 Å². The van der Waals surface area contributed by atoms with Crippen LogP contribution >= 0.6 is 0 Å². The van der Waals surface area contributed by atoms with Crippen LogP contribution in [0.2, 0.25) is 0 Å². The van der Waals surface area contributed by atoms with Crippen molar-refractivity contribution < 1.29 is 0 Å². The number of para-hydroxylation sites is 4. The quantitative estimate of drug-likeness (QED) is 0.169. The van der Waals surface area contributed by atoms with Crippen molar-refractivity contribution in [3.63, 3.8) is 0 Å². The number of hydrogen-bond acceptors (Lipinski definition) is 1. The number of anilines is 3. The average molecular weight is 639 g/mol. The van der Waals surface area contributed by atoms with Gasteiger partial charge in [-0.3, -0.25) is 0 Å². The smallest absolute Gasteiger partial charge is 0.0542 e. The van der Waals surface area contributed by atoms with Crippen LogP contribution in [0.25, 0.3) is 60.9 Å². The van der Waals surface area contributed by atoms with Crippen LogP contribution in [0.15, 0.2) is 206 Å². The molecule has 0 bridgehead atoms. The van der Waals surface area contributed by atoms with E-state index in [1.54, 1.807) is 0 Å². The molecule has 236 valence electrons. The van der Waals surface area contributed by atoms with Crippen LogP contribution in [-0.4, -0.2) is 4.57 Å². The molecular weight excluding hydrogens is 605 g/mol. The zero-order valence-electron chi connectivity index (χ0n) is 27.5. The van der Waals surface area contributed by atoms with Crippen molar-refractivity contribution in [2.75, 3.05) is 4.90 Å². The second-order valence-electron chi connectivity index (χ2n) is 12.5. The van der Waals surface area contributed by atoms with E-state index < -0.39 is 0 Å². The van der Waals surface area contributed by atoms with E-state index in [1.165, 1.54) is 55.2 Å². The zero-order valence-corrected chi connectivity index (χ0v) is 27.5. The molecule has 0 aliphatic heterocycles. The van der Waals surface area contributed by atoms with Crippen molar-refractivity contribution in [1.29, 1.82) is 0 Å². The van der Waals surface area contributed by atoms with E-state index in [0.29, 0.717) is 0 Å². The Morgan fingerprint density at radius 3 is 1.54 bits per heavy atom. The normalized spacial score (nSPS) is 11.2.